The van der Waals surface area contributed by atoms with Crippen molar-refractivity contribution in [1.29, 1.82) is 0 Å². The first-order valence-corrected chi connectivity index (χ1v) is 9.02. The largest absolute Gasteiger partial charge is 0.345 e. The highest BCUT2D eigenvalue weighted by atomic mass is 16.1. The standard InChI is InChI=1S/C20H21N5O/c26-20(17-12-10-16(11-13-17)15-6-2-1-3-7-15)21-14-19-22-23-24-25(19)18-8-4-5-9-18/h1-3,6-7,10-13,18H,4-5,8-9,14H2,(H,21,26). The predicted octanol–water partition coefficient (Wildman–Crippen LogP) is 3.39. The van der Waals surface area contributed by atoms with E-state index in [-0.39, 0.29) is 5.91 Å². The van der Waals surface area contributed by atoms with Gasteiger partial charge in [0.2, 0.25) is 0 Å². The molecule has 0 aliphatic heterocycles. The van der Waals surface area contributed by atoms with E-state index in [0.717, 1.165) is 24.0 Å². The average Bonchev–Trinajstić information content (AvgIpc) is 3.38. The van der Waals surface area contributed by atoms with Crippen LogP contribution in [0.1, 0.15) is 47.9 Å². The summed E-state index contributed by atoms with van der Waals surface area (Å²) in [6, 6.07) is 18.1. The van der Waals surface area contributed by atoms with Gasteiger partial charge in [-0.1, -0.05) is 55.3 Å². The zero-order valence-electron chi connectivity index (χ0n) is 14.5. The van der Waals surface area contributed by atoms with Crippen LogP contribution in [0.15, 0.2) is 54.6 Å². The van der Waals surface area contributed by atoms with E-state index in [0.29, 0.717) is 24.0 Å². The Morgan fingerprint density at radius 1 is 1.00 bits per heavy atom. The van der Waals surface area contributed by atoms with Crippen LogP contribution in [-0.2, 0) is 6.54 Å². The molecular weight excluding hydrogens is 326 g/mol. The average molecular weight is 347 g/mol. The number of tetrazole rings is 1. The van der Waals surface area contributed by atoms with Crippen LogP contribution in [0.5, 0.6) is 0 Å². The van der Waals surface area contributed by atoms with Gasteiger partial charge in [0.25, 0.3) is 5.91 Å². The fourth-order valence-corrected chi connectivity index (χ4v) is 3.47. The second-order valence-electron chi connectivity index (χ2n) is 6.60. The molecule has 1 fully saturated rings. The lowest BCUT2D eigenvalue weighted by Gasteiger charge is -2.12. The van der Waals surface area contributed by atoms with E-state index < -0.39 is 0 Å². The Bertz CT molecular complexity index is 867. The molecule has 6 nitrogen and oxygen atoms in total. The van der Waals surface area contributed by atoms with Gasteiger partial charge in [0.15, 0.2) is 5.82 Å². The zero-order chi connectivity index (χ0) is 17.8. The highest BCUT2D eigenvalue weighted by Crippen LogP contribution is 2.29. The SMILES string of the molecule is O=C(NCc1nnnn1C1CCCC1)c1ccc(-c2ccccc2)cc1. The molecule has 1 aromatic heterocycles. The third-order valence-corrected chi connectivity index (χ3v) is 4.89. The molecule has 0 bridgehead atoms. The Morgan fingerprint density at radius 2 is 1.69 bits per heavy atom. The Hall–Kier alpha value is -3.02. The summed E-state index contributed by atoms with van der Waals surface area (Å²) in [5.41, 5.74) is 2.85. The predicted molar refractivity (Wildman–Crippen MR) is 98.4 cm³/mol. The molecule has 6 heteroatoms. The highest BCUT2D eigenvalue weighted by molar-refractivity contribution is 5.94. The van der Waals surface area contributed by atoms with Crippen LogP contribution < -0.4 is 5.32 Å². The molecule has 0 atom stereocenters. The van der Waals surface area contributed by atoms with E-state index in [2.05, 4.69) is 33.0 Å². The minimum atomic E-state index is -0.120. The van der Waals surface area contributed by atoms with Gasteiger partial charge in [0, 0.05) is 5.56 Å². The fourth-order valence-electron chi connectivity index (χ4n) is 3.47. The normalized spacial score (nSPS) is 14.5. The number of amides is 1. The van der Waals surface area contributed by atoms with Crippen LogP contribution in [0.25, 0.3) is 11.1 Å². The number of aromatic nitrogens is 4. The second-order valence-corrected chi connectivity index (χ2v) is 6.60. The fraction of sp³-hybridized carbons (Fsp3) is 0.300. The van der Waals surface area contributed by atoms with E-state index in [9.17, 15) is 4.79 Å². The maximum absolute atomic E-state index is 12.4. The summed E-state index contributed by atoms with van der Waals surface area (Å²) in [6.07, 6.45) is 4.63. The molecule has 1 N–H and O–H groups in total. The van der Waals surface area contributed by atoms with E-state index in [1.165, 1.54) is 12.8 Å². The molecule has 1 saturated carbocycles. The minimum Gasteiger partial charge on any atom is -0.345 e. The van der Waals surface area contributed by atoms with Crippen LogP contribution in [0.2, 0.25) is 0 Å². The molecule has 0 saturated heterocycles. The quantitative estimate of drug-likeness (QED) is 0.768. The van der Waals surface area contributed by atoms with Gasteiger partial charge in [0.1, 0.15) is 0 Å². The molecule has 132 valence electrons. The van der Waals surface area contributed by atoms with Crippen molar-refractivity contribution in [1.82, 2.24) is 25.5 Å². The molecule has 1 heterocycles. The van der Waals surface area contributed by atoms with Crippen molar-refractivity contribution < 1.29 is 4.79 Å². The molecule has 0 unspecified atom stereocenters. The molecule has 0 spiro atoms. The van der Waals surface area contributed by atoms with Gasteiger partial charge >= 0.3 is 0 Å². The van der Waals surface area contributed by atoms with Crippen LogP contribution in [0.4, 0.5) is 0 Å². The van der Waals surface area contributed by atoms with Gasteiger partial charge in [-0.2, -0.15) is 0 Å². The first-order chi connectivity index (χ1) is 12.8. The second kappa shape index (κ2) is 7.47. The molecular formula is C20H21N5O. The summed E-state index contributed by atoms with van der Waals surface area (Å²) in [5, 5.41) is 14.9. The number of nitrogens with one attached hydrogen (secondary N) is 1. The Balaban J connectivity index is 1.40. The monoisotopic (exact) mass is 347 g/mol. The Kier molecular flexibility index (Phi) is 4.73. The van der Waals surface area contributed by atoms with Crippen molar-refractivity contribution in [2.24, 2.45) is 0 Å². The van der Waals surface area contributed by atoms with Crippen molar-refractivity contribution in [2.75, 3.05) is 0 Å². The van der Waals surface area contributed by atoms with Crippen molar-refractivity contribution in [3.05, 3.63) is 66.0 Å². The highest BCUT2D eigenvalue weighted by Gasteiger charge is 2.21. The van der Waals surface area contributed by atoms with Gasteiger partial charge < -0.3 is 5.32 Å². The number of benzene rings is 2. The number of nitrogens with zero attached hydrogens (tertiary/aromatic N) is 4. The Morgan fingerprint density at radius 3 is 2.42 bits per heavy atom. The van der Waals surface area contributed by atoms with Crippen molar-refractivity contribution >= 4 is 5.91 Å². The third kappa shape index (κ3) is 3.49. The van der Waals surface area contributed by atoms with Crippen LogP contribution in [0, 0.1) is 0 Å². The van der Waals surface area contributed by atoms with E-state index in [1.54, 1.807) is 0 Å². The number of carbonyl (C=O) groups excluding carboxylic acids is 1. The van der Waals surface area contributed by atoms with Crippen LogP contribution >= 0.6 is 0 Å². The molecule has 1 amide bonds. The molecule has 4 rings (SSSR count). The lowest BCUT2D eigenvalue weighted by atomic mass is 10.0. The third-order valence-electron chi connectivity index (χ3n) is 4.89. The lowest BCUT2D eigenvalue weighted by Crippen LogP contribution is -2.25. The van der Waals surface area contributed by atoms with Crippen molar-refractivity contribution in [2.45, 2.75) is 38.3 Å². The van der Waals surface area contributed by atoms with Gasteiger partial charge in [0.05, 0.1) is 12.6 Å². The number of hydrogen-bond acceptors (Lipinski definition) is 4. The first-order valence-electron chi connectivity index (χ1n) is 9.02. The molecule has 26 heavy (non-hydrogen) atoms. The van der Waals surface area contributed by atoms with E-state index >= 15 is 0 Å². The topological polar surface area (TPSA) is 72.7 Å². The van der Waals surface area contributed by atoms with Crippen LogP contribution in [0.3, 0.4) is 0 Å². The molecule has 0 radical (unpaired) electrons. The van der Waals surface area contributed by atoms with E-state index in [1.807, 2.05) is 47.1 Å². The summed E-state index contributed by atoms with van der Waals surface area (Å²) in [7, 11) is 0. The van der Waals surface area contributed by atoms with Gasteiger partial charge in [-0.3, -0.25) is 4.79 Å². The first kappa shape index (κ1) is 16.4. The molecule has 2 aromatic carbocycles. The summed E-state index contributed by atoms with van der Waals surface area (Å²) >= 11 is 0. The van der Waals surface area contributed by atoms with Gasteiger partial charge in [-0.25, -0.2) is 4.68 Å². The molecule has 1 aliphatic carbocycles. The van der Waals surface area contributed by atoms with Crippen LogP contribution in [-0.4, -0.2) is 26.1 Å². The summed E-state index contributed by atoms with van der Waals surface area (Å²) in [5.74, 6) is 0.594. The number of carbonyl (C=O) groups is 1. The lowest BCUT2D eigenvalue weighted by molar-refractivity contribution is 0.0949. The zero-order valence-corrected chi connectivity index (χ0v) is 14.5. The summed E-state index contributed by atoms with van der Waals surface area (Å²) < 4.78 is 1.87. The summed E-state index contributed by atoms with van der Waals surface area (Å²) in [6.45, 7) is 0.336. The van der Waals surface area contributed by atoms with Gasteiger partial charge in [-0.15, -0.1) is 5.10 Å². The Labute approximate surface area is 152 Å². The summed E-state index contributed by atoms with van der Waals surface area (Å²) in [4.78, 5) is 12.4. The molecule has 3 aromatic rings. The van der Waals surface area contributed by atoms with Crippen molar-refractivity contribution in [3.8, 4) is 11.1 Å². The van der Waals surface area contributed by atoms with Crippen molar-refractivity contribution in [3.63, 3.8) is 0 Å². The smallest absolute Gasteiger partial charge is 0.251 e. The number of rotatable bonds is 5. The minimum absolute atomic E-state index is 0.120. The maximum atomic E-state index is 12.4. The molecule has 1 aliphatic rings. The van der Waals surface area contributed by atoms with Gasteiger partial charge in [-0.05, 0) is 46.5 Å². The van der Waals surface area contributed by atoms with E-state index in [4.69, 9.17) is 0 Å². The number of hydrogen-bond donors (Lipinski definition) is 1. The maximum Gasteiger partial charge on any atom is 0.251 e.